The molecular formula is C21H22N4O5. The average molecular weight is 410 g/mol. The molecule has 0 atom stereocenters. The van der Waals surface area contributed by atoms with Gasteiger partial charge in [0, 0.05) is 29.8 Å². The van der Waals surface area contributed by atoms with Gasteiger partial charge in [0.1, 0.15) is 17.9 Å². The van der Waals surface area contributed by atoms with Crippen molar-refractivity contribution in [3.63, 3.8) is 0 Å². The normalized spacial score (nSPS) is 14.0. The number of carbonyl (C=O) groups is 2. The molecule has 2 amide bonds. The van der Waals surface area contributed by atoms with E-state index >= 15 is 0 Å². The Hall–Kier alpha value is -3.62. The molecule has 3 aromatic rings. The van der Waals surface area contributed by atoms with Crippen LogP contribution in [0.1, 0.15) is 25.7 Å². The molecule has 2 N–H and O–H groups in total. The number of aromatic nitrogens is 2. The molecule has 0 saturated heterocycles. The number of ether oxygens (including phenoxy) is 1. The number of amides is 2. The van der Waals surface area contributed by atoms with Gasteiger partial charge in [0.15, 0.2) is 6.61 Å². The molecule has 4 rings (SSSR count). The zero-order chi connectivity index (χ0) is 20.9. The smallest absolute Gasteiger partial charge is 0.336 e. The van der Waals surface area contributed by atoms with Crippen molar-refractivity contribution in [2.45, 2.75) is 38.3 Å². The van der Waals surface area contributed by atoms with Crippen LogP contribution in [0.3, 0.4) is 0 Å². The standard InChI is InChI=1S/C21H22N4O5/c26-19(23-15-3-1-2-4-15)12-25-11-16(10-22-25)24-20(27)13-29-17-7-5-14-6-8-21(28)30-18(14)9-17/h5-11,15H,1-4,12-13H2,(H,23,26)(H,24,27). The van der Waals surface area contributed by atoms with Gasteiger partial charge in [-0.15, -0.1) is 0 Å². The van der Waals surface area contributed by atoms with Gasteiger partial charge in [-0.2, -0.15) is 5.10 Å². The summed E-state index contributed by atoms with van der Waals surface area (Å²) in [5.41, 5.74) is 0.408. The fraction of sp³-hybridized carbons (Fsp3) is 0.333. The number of anilines is 1. The van der Waals surface area contributed by atoms with Crippen molar-refractivity contribution in [1.29, 1.82) is 0 Å². The van der Waals surface area contributed by atoms with E-state index in [1.807, 2.05) is 0 Å². The summed E-state index contributed by atoms with van der Waals surface area (Å²) in [6.45, 7) is -0.124. The summed E-state index contributed by atoms with van der Waals surface area (Å²) < 4.78 is 12.0. The Kier molecular flexibility index (Phi) is 5.78. The van der Waals surface area contributed by atoms with Crippen LogP contribution in [0, 0.1) is 0 Å². The fourth-order valence-electron chi connectivity index (χ4n) is 3.48. The monoisotopic (exact) mass is 410 g/mol. The minimum atomic E-state index is -0.452. The van der Waals surface area contributed by atoms with E-state index in [-0.39, 0.29) is 31.0 Å². The highest BCUT2D eigenvalue weighted by molar-refractivity contribution is 5.91. The third kappa shape index (κ3) is 5.05. The molecule has 30 heavy (non-hydrogen) atoms. The Bertz CT molecular complexity index is 1110. The second kappa shape index (κ2) is 8.81. The van der Waals surface area contributed by atoms with Crippen molar-refractivity contribution < 1.29 is 18.7 Å². The second-order valence-corrected chi connectivity index (χ2v) is 7.27. The first kappa shape index (κ1) is 19.7. The SMILES string of the molecule is O=C(COc1ccc2ccc(=O)oc2c1)Nc1cnn(CC(=O)NC2CCCC2)c1. The molecule has 1 fully saturated rings. The van der Waals surface area contributed by atoms with E-state index in [9.17, 15) is 14.4 Å². The second-order valence-electron chi connectivity index (χ2n) is 7.27. The number of fused-ring (bicyclic) bond motifs is 1. The van der Waals surface area contributed by atoms with E-state index in [1.54, 1.807) is 30.5 Å². The Morgan fingerprint density at radius 3 is 2.80 bits per heavy atom. The maximum atomic E-state index is 12.1. The van der Waals surface area contributed by atoms with Crippen LogP contribution in [0.2, 0.25) is 0 Å². The van der Waals surface area contributed by atoms with E-state index in [4.69, 9.17) is 9.15 Å². The van der Waals surface area contributed by atoms with Gasteiger partial charge in [0.2, 0.25) is 5.91 Å². The van der Waals surface area contributed by atoms with E-state index < -0.39 is 5.63 Å². The lowest BCUT2D eigenvalue weighted by Gasteiger charge is -2.11. The van der Waals surface area contributed by atoms with Gasteiger partial charge in [-0.05, 0) is 31.0 Å². The molecule has 1 aromatic carbocycles. The summed E-state index contributed by atoms with van der Waals surface area (Å²) >= 11 is 0. The lowest BCUT2D eigenvalue weighted by atomic mass is 10.2. The van der Waals surface area contributed by atoms with E-state index in [2.05, 4.69) is 15.7 Å². The third-order valence-electron chi connectivity index (χ3n) is 4.91. The molecule has 0 spiro atoms. The van der Waals surface area contributed by atoms with Crippen molar-refractivity contribution >= 4 is 28.5 Å². The third-order valence-corrected chi connectivity index (χ3v) is 4.91. The van der Waals surface area contributed by atoms with Crippen LogP contribution in [0.5, 0.6) is 5.75 Å². The molecule has 1 aliphatic rings. The van der Waals surface area contributed by atoms with Gasteiger partial charge in [0.25, 0.3) is 5.91 Å². The van der Waals surface area contributed by atoms with Crippen LogP contribution in [0.4, 0.5) is 5.69 Å². The quantitative estimate of drug-likeness (QED) is 0.576. The molecule has 1 aliphatic carbocycles. The Labute approximate surface area is 172 Å². The van der Waals surface area contributed by atoms with Crippen LogP contribution < -0.4 is 21.0 Å². The van der Waals surface area contributed by atoms with E-state index in [0.717, 1.165) is 31.1 Å². The number of nitrogens with zero attached hydrogens (tertiary/aromatic N) is 2. The number of hydrogen-bond acceptors (Lipinski definition) is 6. The Morgan fingerprint density at radius 2 is 1.97 bits per heavy atom. The molecule has 156 valence electrons. The predicted molar refractivity (Wildman–Crippen MR) is 109 cm³/mol. The molecule has 9 nitrogen and oxygen atoms in total. The van der Waals surface area contributed by atoms with Crippen LogP contribution in [-0.2, 0) is 16.1 Å². The summed E-state index contributed by atoms with van der Waals surface area (Å²) in [5.74, 6) is -0.0555. The summed E-state index contributed by atoms with van der Waals surface area (Å²) in [6.07, 6.45) is 7.42. The van der Waals surface area contributed by atoms with Crippen molar-refractivity contribution in [2.75, 3.05) is 11.9 Å². The zero-order valence-corrected chi connectivity index (χ0v) is 16.3. The summed E-state index contributed by atoms with van der Waals surface area (Å²) in [6, 6.07) is 8.25. The summed E-state index contributed by atoms with van der Waals surface area (Å²) in [4.78, 5) is 35.5. The molecular weight excluding hydrogens is 388 g/mol. The van der Waals surface area contributed by atoms with Gasteiger partial charge in [-0.25, -0.2) is 4.79 Å². The van der Waals surface area contributed by atoms with Crippen LogP contribution in [-0.4, -0.2) is 34.2 Å². The molecule has 2 heterocycles. The summed E-state index contributed by atoms with van der Waals surface area (Å²) in [5, 5.41) is 10.5. The first-order valence-corrected chi connectivity index (χ1v) is 9.83. The van der Waals surface area contributed by atoms with Gasteiger partial charge < -0.3 is 19.8 Å². The number of rotatable bonds is 7. The summed E-state index contributed by atoms with van der Waals surface area (Å²) in [7, 11) is 0. The predicted octanol–water partition coefficient (Wildman–Crippen LogP) is 2.07. The Balaban J connectivity index is 1.27. The molecule has 1 saturated carbocycles. The topological polar surface area (TPSA) is 115 Å². The van der Waals surface area contributed by atoms with E-state index in [1.165, 1.54) is 16.9 Å². The molecule has 0 unspecified atom stereocenters. The number of benzene rings is 1. The fourth-order valence-corrected chi connectivity index (χ4v) is 3.48. The van der Waals surface area contributed by atoms with Crippen LogP contribution >= 0.6 is 0 Å². The molecule has 2 aromatic heterocycles. The molecule has 9 heteroatoms. The minimum Gasteiger partial charge on any atom is -0.484 e. The van der Waals surface area contributed by atoms with Crippen molar-refractivity contribution in [3.8, 4) is 5.75 Å². The van der Waals surface area contributed by atoms with Gasteiger partial charge in [-0.1, -0.05) is 12.8 Å². The van der Waals surface area contributed by atoms with Crippen molar-refractivity contribution in [3.05, 3.63) is 53.1 Å². The molecule has 0 aliphatic heterocycles. The maximum absolute atomic E-state index is 12.1. The van der Waals surface area contributed by atoms with Gasteiger partial charge in [-0.3, -0.25) is 14.3 Å². The largest absolute Gasteiger partial charge is 0.484 e. The van der Waals surface area contributed by atoms with Crippen LogP contribution in [0.25, 0.3) is 11.0 Å². The van der Waals surface area contributed by atoms with E-state index in [0.29, 0.717) is 17.0 Å². The highest BCUT2D eigenvalue weighted by atomic mass is 16.5. The number of carbonyl (C=O) groups excluding carboxylic acids is 2. The lowest BCUT2D eigenvalue weighted by Crippen LogP contribution is -2.35. The minimum absolute atomic E-state index is 0.0887. The first-order chi connectivity index (χ1) is 14.5. The van der Waals surface area contributed by atoms with Gasteiger partial charge in [0.05, 0.1) is 11.9 Å². The van der Waals surface area contributed by atoms with Gasteiger partial charge >= 0.3 is 5.63 Å². The number of nitrogens with one attached hydrogen (secondary N) is 2. The highest BCUT2D eigenvalue weighted by Gasteiger charge is 2.17. The Morgan fingerprint density at radius 1 is 1.17 bits per heavy atom. The average Bonchev–Trinajstić information content (AvgIpc) is 3.38. The zero-order valence-electron chi connectivity index (χ0n) is 16.3. The number of hydrogen-bond donors (Lipinski definition) is 2. The van der Waals surface area contributed by atoms with Crippen molar-refractivity contribution in [2.24, 2.45) is 0 Å². The first-order valence-electron chi connectivity index (χ1n) is 9.83. The molecule has 0 radical (unpaired) electrons. The van der Waals surface area contributed by atoms with Crippen LogP contribution in [0.15, 0.2) is 51.9 Å². The maximum Gasteiger partial charge on any atom is 0.336 e. The van der Waals surface area contributed by atoms with Crippen molar-refractivity contribution in [1.82, 2.24) is 15.1 Å². The molecule has 0 bridgehead atoms. The highest BCUT2D eigenvalue weighted by Crippen LogP contribution is 2.19. The lowest BCUT2D eigenvalue weighted by molar-refractivity contribution is -0.122.